The first-order valence-corrected chi connectivity index (χ1v) is 8.05. The Morgan fingerprint density at radius 2 is 1.91 bits per heavy atom. The molecular weight excluding hydrogens is 295 g/mol. The van der Waals surface area contributed by atoms with Crippen molar-refractivity contribution in [2.24, 2.45) is 4.99 Å². The van der Waals surface area contributed by atoms with Gasteiger partial charge in [-0.1, -0.05) is 12.1 Å². The average Bonchev–Trinajstić information content (AvgIpc) is 2.54. The van der Waals surface area contributed by atoms with Crippen LogP contribution in [0.2, 0.25) is 0 Å². The minimum Gasteiger partial charge on any atom is -0.357 e. The number of aliphatic imine (C=N–C) groups is 1. The van der Waals surface area contributed by atoms with Gasteiger partial charge in [0.2, 0.25) is 5.91 Å². The van der Waals surface area contributed by atoms with Gasteiger partial charge in [0.15, 0.2) is 5.96 Å². The van der Waals surface area contributed by atoms with Crippen molar-refractivity contribution < 1.29 is 9.18 Å². The molecule has 0 unspecified atom stereocenters. The minimum atomic E-state index is -0.190. The van der Waals surface area contributed by atoms with E-state index in [0.717, 1.165) is 44.2 Å². The molecular formula is C17H25FN4O. The number of nitrogens with zero attached hydrogens (tertiary/aromatic N) is 3. The number of aryl methyl sites for hydroxylation is 1. The maximum Gasteiger partial charge on any atom is 0.219 e. The van der Waals surface area contributed by atoms with Crippen LogP contribution < -0.4 is 5.32 Å². The molecule has 23 heavy (non-hydrogen) atoms. The number of piperazine rings is 1. The zero-order valence-corrected chi connectivity index (χ0v) is 14.1. The summed E-state index contributed by atoms with van der Waals surface area (Å²) in [4.78, 5) is 20.1. The summed E-state index contributed by atoms with van der Waals surface area (Å²) >= 11 is 0. The van der Waals surface area contributed by atoms with Crippen molar-refractivity contribution in [2.45, 2.75) is 27.3 Å². The van der Waals surface area contributed by atoms with Crippen LogP contribution in [0.15, 0.2) is 23.2 Å². The molecule has 6 heteroatoms. The van der Waals surface area contributed by atoms with E-state index in [1.807, 2.05) is 17.9 Å². The van der Waals surface area contributed by atoms with Crippen LogP contribution in [0.25, 0.3) is 0 Å². The number of guanidine groups is 1. The fourth-order valence-corrected chi connectivity index (χ4v) is 2.63. The molecule has 0 aromatic heterocycles. The third-order valence-electron chi connectivity index (χ3n) is 3.99. The van der Waals surface area contributed by atoms with Crippen molar-refractivity contribution >= 4 is 11.9 Å². The van der Waals surface area contributed by atoms with Crippen LogP contribution in [-0.2, 0) is 11.3 Å². The molecule has 1 N–H and O–H groups in total. The highest BCUT2D eigenvalue weighted by atomic mass is 19.1. The Bertz CT molecular complexity index is 580. The molecule has 1 aliphatic rings. The van der Waals surface area contributed by atoms with Gasteiger partial charge in [-0.2, -0.15) is 0 Å². The lowest BCUT2D eigenvalue weighted by Gasteiger charge is -2.36. The zero-order chi connectivity index (χ0) is 16.8. The second kappa shape index (κ2) is 7.94. The summed E-state index contributed by atoms with van der Waals surface area (Å²) in [6.45, 7) is 9.67. The SMILES string of the molecule is CCNC(=NCc1ccc(F)c(C)c1)N1CCN(C(C)=O)CC1. The molecule has 1 aromatic carbocycles. The Kier molecular flexibility index (Phi) is 5.96. The molecule has 0 radical (unpaired) electrons. The number of amides is 1. The molecule has 1 saturated heterocycles. The van der Waals surface area contributed by atoms with Gasteiger partial charge in [-0.3, -0.25) is 4.79 Å². The van der Waals surface area contributed by atoms with Crippen LogP contribution >= 0.6 is 0 Å². The summed E-state index contributed by atoms with van der Waals surface area (Å²) in [5.74, 6) is 0.774. The van der Waals surface area contributed by atoms with Crippen LogP contribution in [0, 0.1) is 12.7 Å². The molecule has 1 fully saturated rings. The summed E-state index contributed by atoms with van der Waals surface area (Å²) in [6.07, 6.45) is 0. The largest absolute Gasteiger partial charge is 0.357 e. The highest BCUT2D eigenvalue weighted by molar-refractivity contribution is 5.80. The minimum absolute atomic E-state index is 0.119. The van der Waals surface area contributed by atoms with Gasteiger partial charge in [-0.05, 0) is 31.0 Å². The van der Waals surface area contributed by atoms with E-state index in [2.05, 4.69) is 15.2 Å². The first kappa shape index (κ1) is 17.2. The molecule has 126 valence electrons. The quantitative estimate of drug-likeness (QED) is 0.682. The molecule has 0 saturated carbocycles. The topological polar surface area (TPSA) is 47.9 Å². The van der Waals surface area contributed by atoms with E-state index in [4.69, 9.17) is 0 Å². The van der Waals surface area contributed by atoms with Gasteiger partial charge in [-0.25, -0.2) is 9.38 Å². The van der Waals surface area contributed by atoms with E-state index in [1.54, 1.807) is 19.9 Å². The van der Waals surface area contributed by atoms with Crippen LogP contribution in [0.1, 0.15) is 25.0 Å². The van der Waals surface area contributed by atoms with Gasteiger partial charge in [0, 0.05) is 39.6 Å². The van der Waals surface area contributed by atoms with E-state index in [-0.39, 0.29) is 11.7 Å². The molecule has 0 atom stereocenters. The first-order chi connectivity index (χ1) is 11.0. The average molecular weight is 320 g/mol. The van der Waals surface area contributed by atoms with Gasteiger partial charge >= 0.3 is 0 Å². The van der Waals surface area contributed by atoms with Gasteiger partial charge in [0.1, 0.15) is 5.82 Å². The third-order valence-corrected chi connectivity index (χ3v) is 3.99. The summed E-state index contributed by atoms with van der Waals surface area (Å²) in [5, 5.41) is 3.29. The number of rotatable bonds is 3. The summed E-state index contributed by atoms with van der Waals surface area (Å²) in [5.41, 5.74) is 1.62. The van der Waals surface area contributed by atoms with E-state index in [0.29, 0.717) is 12.1 Å². The summed E-state index contributed by atoms with van der Waals surface area (Å²) in [6, 6.07) is 5.08. The second-order valence-electron chi connectivity index (χ2n) is 5.75. The van der Waals surface area contributed by atoms with E-state index in [1.165, 1.54) is 6.07 Å². The molecule has 0 spiro atoms. The van der Waals surface area contributed by atoms with E-state index < -0.39 is 0 Å². The predicted molar refractivity (Wildman–Crippen MR) is 89.8 cm³/mol. The molecule has 5 nitrogen and oxygen atoms in total. The fraction of sp³-hybridized carbons (Fsp3) is 0.529. The third kappa shape index (κ3) is 4.68. The normalized spacial score (nSPS) is 15.7. The molecule has 1 heterocycles. The molecule has 0 aliphatic carbocycles. The second-order valence-corrected chi connectivity index (χ2v) is 5.75. The molecule has 2 rings (SSSR count). The molecule has 0 bridgehead atoms. The Balaban J connectivity index is 2.02. The predicted octanol–water partition coefficient (Wildman–Crippen LogP) is 1.76. The van der Waals surface area contributed by atoms with Crippen molar-refractivity contribution in [3.8, 4) is 0 Å². The Hall–Kier alpha value is -2.11. The maximum atomic E-state index is 13.3. The lowest BCUT2D eigenvalue weighted by atomic mass is 10.1. The number of carbonyl (C=O) groups is 1. The highest BCUT2D eigenvalue weighted by Gasteiger charge is 2.20. The van der Waals surface area contributed by atoms with Crippen molar-refractivity contribution in [3.63, 3.8) is 0 Å². The molecule has 1 aromatic rings. The number of hydrogen-bond acceptors (Lipinski definition) is 2. The van der Waals surface area contributed by atoms with Crippen molar-refractivity contribution in [1.29, 1.82) is 0 Å². The van der Waals surface area contributed by atoms with Crippen LogP contribution in [0.4, 0.5) is 4.39 Å². The number of halogens is 1. The fourth-order valence-electron chi connectivity index (χ4n) is 2.63. The first-order valence-electron chi connectivity index (χ1n) is 8.05. The Morgan fingerprint density at radius 3 is 2.48 bits per heavy atom. The monoisotopic (exact) mass is 320 g/mol. The number of hydrogen-bond donors (Lipinski definition) is 1. The molecule has 1 aliphatic heterocycles. The van der Waals surface area contributed by atoms with Gasteiger partial charge < -0.3 is 15.1 Å². The lowest BCUT2D eigenvalue weighted by molar-refractivity contribution is -0.130. The van der Waals surface area contributed by atoms with Crippen LogP contribution in [0.3, 0.4) is 0 Å². The number of carbonyl (C=O) groups excluding carboxylic acids is 1. The van der Waals surface area contributed by atoms with Gasteiger partial charge in [-0.15, -0.1) is 0 Å². The van der Waals surface area contributed by atoms with Crippen LogP contribution in [0.5, 0.6) is 0 Å². The van der Waals surface area contributed by atoms with Crippen molar-refractivity contribution in [1.82, 2.24) is 15.1 Å². The zero-order valence-electron chi connectivity index (χ0n) is 14.1. The lowest BCUT2D eigenvalue weighted by Crippen LogP contribution is -2.53. The standard InChI is InChI=1S/C17H25FN4O/c1-4-19-17(22-9-7-21(8-10-22)14(3)23)20-12-15-5-6-16(18)13(2)11-15/h5-6,11H,4,7-10,12H2,1-3H3,(H,19,20). The Morgan fingerprint density at radius 1 is 1.26 bits per heavy atom. The number of benzene rings is 1. The van der Waals surface area contributed by atoms with Crippen molar-refractivity contribution in [2.75, 3.05) is 32.7 Å². The molecule has 1 amide bonds. The highest BCUT2D eigenvalue weighted by Crippen LogP contribution is 2.11. The van der Waals surface area contributed by atoms with Crippen molar-refractivity contribution in [3.05, 3.63) is 35.1 Å². The summed E-state index contributed by atoms with van der Waals surface area (Å²) < 4.78 is 13.3. The number of nitrogens with one attached hydrogen (secondary N) is 1. The Labute approximate surface area is 137 Å². The summed E-state index contributed by atoms with van der Waals surface area (Å²) in [7, 11) is 0. The van der Waals surface area contributed by atoms with E-state index in [9.17, 15) is 9.18 Å². The van der Waals surface area contributed by atoms with E-state index >= 15 is 0 Å². The smallest absolute Gasteiger partial charge is 0.219 e. The van der Waals surface area contributed by atoms with Gasteiger partial charge in [0.05, 0.1) is 6.54 Å². The van der Waals surface area contributed by atoms with Gasteiger partial charge in [0.25, 0.3) is 0 Å². The maximum absolute atomic E-state index is 13.3. The van der Waals surface area contributed by atoms with Crippen LogP contribution in [-0.4, -0.2) is 54.4 Å².